The maximum absolute atomic E-state index is 6.14. The van der Waals surface area contributed by atoms with Gasteiger partial charge in [-0.15, -0.1) is 11.3 Å². The van der Waals surface area contributed by atoms with Crippen LogP contribution >= 0.6 is 11.3 Å². The minimum Gasteiger partial charge on any atom is -0.329 e. The summed E-state index contributed by atoms with van der Waals surface area (Å²) >= 11 is 1.76. The van der Waals surface area contributed by atoms with E-state index in [4.69, 9.17) is 5.73 Å². The van der Waals surface area contributed by atoms with Gasteiger partial charge in [-0.1, -0.05) is 13.8 Å². The smallest absolute Gasteiger partial charge is 0.0798 e. The Morgan fingerprint density at radius 2 is 1.95 bits per heavy atom. The van der Waals surface area contributed by atoms with Gasteiger partial charge in [0.2, 0.25) is 0 Å². The molecule has 1 aliphatic rings. The van der Waals surface area contributed by atoms with Gasteiger partial charge in [0.05, 0.1) is 11.2 Å². The van der Waals surface area contributed by atoms with Crippen LogP contribution in [0.1, 0.15) is 50.1 Å². The van der Waals surface area contributed by atoms with Gasteiger partial charge in [-0.3, -0.25) is 4.90 Å². The number of hydrogen-bond donors (Lipinski definition) is 1. The Balaban J connectivity index is 2.07. The van der Waals surface area contributed by atoms with E-state index in [9.17, 15) is 0 Å². The highest BCUT2D eigenvalue weighted by atomic mass is 32.1. The zero-order chi connectivity index (χ0) is 14.1. The van der Waals surface area contributed by atoms with Gasteiger partial charge < -0.3 is 5.73 Å². The van der Waals surface area contributed by atoms with Crippen molar-refractivity contribution in [3.8, 4) is 0 Å². The van der Waals surface area contributed by atoms with E-state index in [1.807, 2.05) is 5.51 Å². The van der Waals surface area contributed by atoms with Crippen molar-refractivity contribution in [1.82, 2.24) is 9.88 Å². The lowest BCUT2D eigenvalue weighted by atomic mass is 9.69. The van der Waals surface area contributed by atoms with Crippen LogP contribution in [-0.2, 0) is 6.54 Å². The minimum absolute atomic E-state index is 0.186. The number of likely N-dealkylation sites (N-methyl/N-ethyl adjacent to an activating group) is 1. The van der Waals surface area contributed by atoms with Gasteiger partial charge in [0.1, 0.15) is 0 Å². The Morgan fingerprint density at radius 1 is 1.32 bits per heavy atom. The molecule has 0 bridgehead atoms. The molecule has 1 aliphatic carbocycles. The lowest BCUT2D eigenvalue weighted by Gasteiger charge is -2.48. The fourth-order valence-corrected chi connectivity index (χ4v) is 3.82. The Labute approximate surface area is 121 Å². The number of nitrogens with two attached hydrogens (primary N) is 1. The molecule has 2 rings (SSSR count). The summed E-state index contributed by atoms with van der Waals surface area (Å²) in [4.78, 5) is 8.20. The lowest BCUT2D eigenvalue weighted by Crippen LogP contribution is -2.54. The average Bonchev–Trinajstić information content (AvgIpc) is 2.76. The molecule has 1 fully saturated rings. The minimum atomic E-state index is 0.186. The van der Waals surface area contributed by atoms with E-state index in [0.29, 0.717) is 5.41 Å². The quantitative estimate of drug-likeness (QED) is 0.921. The van der Waals surface area contributed by atoms with Crippen LogP contribution in [0, 0.1) is 12.3 Å². The van der Waals surface area contributed by atoms with Gasteiger partial charge in [-0.25, -0.2) is 4.98 Å². The molecule has 0 spiro atoms. The molecule has 0 aliphatic heterocycles. The molecule has 0 atom stereocenters. The summed E-state index contributed by atoms with van der Waals surface area (Å²) in [5, 5.41) is 0. The lowest BCUT2D eigenvalue weighted by molar-refractivity contribution is 0.0369. The zero-order valence-corrected chi connectivity index (χ0v) is 13.5. The van der Waals surface area contributed by atoms with Crippen molar-refractivity contribution in [3.05, 3.63) is 16.1 Å². The molecule has 4 heteroatoms. The first-order chi connectivity index (χ1) is 8.88. The highest BCUT2D eigenvalue weighted by Gasteiger charge is 2.40. The van der Waals surface area contributed by atoms with Gasteiger partial charge in [-0.05, 0) is 45.1 Å². The topological polar surface area (TPSA) is 42.2 Å². The second-order valence-corrected chi connectivity index (χ2v) is 7.75. The van der Waals surface area contributed by atoms with E-state index in [2.05, 4.69) is 37.7 Å². The molecule has 108 valence electrons. The van der Waals surface area contributed by atoms with E-state index < -0.39 is 0 Å². The van der Waals surface area contributed by atoms with E-state index in [0.717, 1.165) is 13.1 Å². The van der Waals surface area contributed by atoms with Crippen LogP contribution < -0.4 is 5.73 Å². The number of thiazole rings is 1. The summed E-state index contributed by atoms with van der Waals surface area (Å²) in [5.41, 5.74) is 9.92. The van der Waals surface area contributed by atoms with Crippen LogP contribution in [0.5, 0.6) is 0 Å². The van der Waals surface area contributed by atoms with Crippen molar-refractivity contribution in [3.63, 3.8) is 0 Å². The molecule has 2 N–H and O–H groups in total. The maximum atomic E-state index is 6.14. The number of rotatable bonds is 4. The Morgan fingerprint density at radius 3 is 2.42 bits per heavy atom. The van der Waals surface area contributed by atoms with Crippen LogP contribution in [0.25, 0.3) is 0 Å². The van der Waals surface area contributed by atoms with E-state index >= 15 is 0 Å². The molecule has 1 aromatic heterocycles. The van der Waals surface area contributed by atoms with E-state index in [1.165, 1.54) is 36.3 Å². The molecular weight excluding hydrogens is 254 g/mol. The SMILES string of the molecule is Cc1ncsc1CN(C)C1(CN)CCC(C)(C)CC1. The molecule has 0 radical (unpaired) electrons. The average molecular weight is 281 g/mol. The summed E-state index contributed by atoms with van der Waals surface area (Å²) in [6.07, 6.45) is 4.97. The fraction of sp³-hybridized carbons (Fsp3) is 0.800. The van der Waals surface area contributed by atoms with Crippen LogP contribution in [0.3, 0.4) is 0 Å². The number of aromatic nitrogens is 1. The van der Waals surface area contributed by atoms with Crippen molar-refractivity contribution in [2.24, 2.45) is 11.1 Å². The summed E-state index contributed by atoms with van der Waals surface area (Å²) in [5.74, 6) is 0. The molecule has 1 aromatic rings. The Kier molecular flexibility index (Phi) is 4.33. The van der Waals surface area contributed by atoms with Crippen LogP contribution in [0.15, 0.2) is 5.51 Å². The van der Waals surface area contributed by atoms with Gasteiger partial charge in [0.25, 0.3) is 0 Å². The molecule has 19 heavy (non-hydrogen) atoms. The van der Waals surface area contributed by atoms with Gasteiger partial charge >= 0.3 is 0 Å². The third-order valence-corrected chi connectivity index (χ3v) is 5.87. The number of nitrogens with zero attached hydrogens (tertiary/aromatic N) is 2. The van der Waals surface area contributed by atoms with Crippen molar-refractivity contribution < 1.29 is 0 Å². The number of aryl methyl sites for hydroxylation is 1. The number of hydrogen-bond acceptors (Lipinski definition) is 4. The molecule has 0 amide bonds. The summed E-state index contributed by atoms with van der Waals surface area (Å²) in [7, 11) is 2.23. The summed E-state index contributed by atoms with van der Waals surface area (Å²) in [6, 6.07) is 0. The normalized spacial score (nSPS) is 21.8. The highest BCUT2D eigenvalue weighted by Crippen LogP contribution is 2.42. The monoisotopic (exact) mass is 281 g/mol. The van der Waals surface area contributed by atoms with Crippen molar-refractivity contribution >= 4 is 11.3 Å². The van der Waals surface area contributed by atoms with Gasteiger partial charge in [-0.2, -0.15) is 0 Å². The Bertz CT molecular complexity index is 415. The van der Waals surface area contributed by atoms with Crippen molar-refractivity contribution in [2.75, 3.05) is 13.6 Å². The van der Waals surface area contributed by atoms with E-state index in [-0.39, 0.29) is 5.54 Å². The summed E-state index contributed by atoms with van der Waals surface area (Å²) < 4.78 is 0. The maximum Gasteiger partial charge on any atom is 0.0798 e. The van der Waals surface area contributed by atoms with E-state index in [1.54, 1.807) is 11.3 Å². The predicted octanol–water partition coefficient (Wildman–Crippen LogP) is 3.18. The largest absolute Gasteiger partial charge is 0.329 e. The predicted molar refractivity (Wildman–Crippen MR) is 82.4 cm³/mol. The molecular formula is C15H27N3S. The zero-order valence-electron chi connectivity index (χ0n) is 12.7. The van der Waals surface area contributed by atoms with Crippen molar-refractivity contribution in [1.29, 1.82) is 0 Å². The summed E-state index contributed by atoms with van der Waals surface area (Å²) in [6.45, 7) is 8.59. The first kappa shape index (κ1) is 14.9. The molecule has 3 nitrogen and oxygen atoms in total. The first-order valence-corrected chi connectivity index (χ1v) is 8.07. The van der Waals surface area contributed by atoms with Crippen LogP contribution in [-0.4, -0.2) is 29.0 Å². The Hall–Kier alpha value is -0.450. The van der Waals surface area contributed by atoms with Gasteiger partial charge in [0, 0.05) is 23.5 Å². The molecule has 0 unspecified atom stereocenters. The molecule has 0 saturated heterocycles. The van der Waals surface area contributed by atoms with Crippen LogP contribution in [0.2, 0.25) is 0 Å². The second-order valence-electron chi connectivity index (χ2n) is 6.81. The first-order valence-electron chi connectivity index (χ1n) is 7.19. The third kappa shape index (κ3) is 3.18. The van der Waals surface area contributed by atoms with Crippen molar-refractivity contribution in [2.45, 2.75) is 58.5 Å². The standard InChI is InChI=1S/C15H27N3S/c1-12-13(19-11-17-12)9-18(4)15(10-16)7-5-14(2,3)6-8-15/h11H,5-10,16H2,1-4H3. The van der Waals surface area contributed by atoms with Crippen LogP contribution in [0.4, 0.5) is 0 Å². The molecule has 0 aromatic carbocycles. The fourth-order valence-electron chi connectivity index (χ4n) is 2.99. The third-order valence-electron chi connectivity index (χ3n) is 4.95. The second kappa shape index (κ2) is 5.51. The molecule has 1 heterocycles. The van der Waals surface area contributed by atoms with Gasteiger partial charge in [0.15, 0.2) is 0 Å². The molecule has 1 saturated carbocycles. The highest BCUT2D eigenvalue weighted by molar-refractivity contribution is 7.09.